The van der Waals surface area contributed by atoms with Gasteiger partial charge in [-0.05, 0) is 37.4 Å². The van der Waals surface area contributed by atoms with Crippen molar-refractivity contribution in [3.8, 4) is 0 Å². The fourth-order valence-corrected chi connectivity index (χ4v) is 3.35. The van der Waals surface area contributed by atoms with Crippen molar-refractivity contribution in [3.05, 3.63) is 24.3 Å². The van der Waals surface area contributed by atoms with E-state index in [4.69, 9.17) is 5.73 Å². The van der Waals surface area contributed by atoms with E-state index in [1.165, 1.54) is 0 Å². The lowest BCUT2D eigenvalue weighted by Crippen LogP contribution is -2.44. The summed E-state index contributed by atoms with van der Waals surface area (Å²) in [5.74, 6) is 0.757. The maximum Gasteiger partial charge on any atom is 0.230 e. The first-order valence-corrected chi connectivity index (χ1v) is 7.15. The zero-order chi connectivity index (χ0) is 13.2. The molecule has 4 nitrogen and oxygen atoms in total. The molecular formula is C15H21N3O. The van der Waals surface area contributed by atoms with E-state index in [1.807, 2.05) is 29.2 Å². The first kappa shape index (κ1) is 12.5. The zero-order valence-corrected chi connectivity index (χ0v) is 11.1. The third-order valence-electron chi connectivity index (χ3n) is 4.39. The number of carbonyl (C=O) groups excluding carboxylic acids is 1. The van der Waals surface area contributed by atoms with Crippen molar-refractivity contribution in [2.24, 2.45) is 17.6 Å². The Hall–Kier alpha value is -1.55. The second-order valence-electron chi connectivity index (χ2n) is 5.47. The zero-order valence-electron chi connectivity index (χ0n) is 11.1. The van der Waals surface area contributed by atoms with Gasteiger partial charge in [-0.3, -0.25) is 4.79 Å². The molecule has 0 bridgehead atoms. The van der Waals surface area contributed by atoms with Crippen molar-refractivity contribution in [2.45, 2.75) is 19.3 Å². The van der Waals surface area contributed by atoms with Gasteiger partial charge in [0.1, 0.15) is 0 Å². The van der Waals surface area contributed by atoms with Gasteiger partial charge in [-0.15, -0.1) is 0 Å². The number of para-hydroxylation sites is 2. The summed E-state index contributed by atoms with van der Waals surface area (Å²) in [6.07, 6.45) is 3.22. The van der Waals surface area contributed by atoms with Gasteiger partial charge in [0.15, 0.2) is 0 Å². The van der Waals surface area contributed by atoms with Crippen molar-refractivity contribution in [1.82, 2.24) is 0 Å². The highest BCUT2D eigenvalue weighted by Crippen LogP contribution is 2.36. The van der Waals surface area contributed by atoms with E-state index in [1.54, 1.807) is 0 Å². The van der Waals surface area contributed by atoms with Crippen LogP contribution in [-0.4, -0.2) is 25.5 Å². The van der Waals surface area contributed by atoms with Crippen LogP contribution in [0.25, 0.3) is 0 Å². The van der Waals surface area contributed by atoms with Crippen LogP contribution in [0.2, 0.25) is 0 Å². The van der Waals surface area contributed by atoms with Crippen LogP contribution in [0.15, 0.2) is 24.3 Å². The number of amides is 1. The van der Waals surface area contributed by atoms with Gasteiger partial charge in [-0.1, -0.05) is 18.6 Å². The van der Waals surface area contributed by atoms with E-state index in [0.29, 0.717) is 12.5 Å². The number of hydrogen-bond donors (Lipinski definition) is 2. The maximum absolute atomic E-state index is 12.8. The first-order valence-electron chi connectivity index (χ1n) is 7.15. The summed E-state index contributed by atoms with van der Waals surface area (Å²) < 4.78 is 0. The molecule has 1 aliphatic carbocycles. The molecule has 0 spiro atoms. The normalized spacial score (nSPS) is 25.8. The van der Waals surface area contributed by atoms with Gasteiger partial charge < -0.3 is 16.0 Å². The van der Waals surface area contributed by atoms with Crippen molar-refractivity contribution in [2.75, 3.05) is 29.9 Å². The monoisotopic (exact) mass is 259 g/mol. The Morgan fingerprint density at radius 3 is 3.05 bits per heavy atom. The Labute approximate surface area is 114 Å². The highest BCUT2D eigenvalue weighted by atomic mass is 16.2. The third-order valence-corrected chi connectivity index (χ3v) is 4.39. The molecule has 3 rings (SSSR count). The predicted octanol–water partition coefficient (Wildman–Crippen LogP) is 1.82. The smallest absolute Gasteiger partial charge is 0.230 e. The average Bonchev–Trinajstić information content (AvgIpc) is 2.94. The van der Waals surface area contributed by atoms with Crippen LogP contribution in [0.5, 0.6) is 0 Å². The Morgan fingerprint density at radius 1 is 1.37 bits per heavy atom. The summed E-state index contributed by atoms with van der Waals surface area (Å²) >= 11 is 0. The highest BCUT2D eigenvalue weighted by molar-refractivity contribution is 5.99. The van der Waals surface area contributed by atoms with Crippen molar-refractivity contribution in [1.29, 1.82) is 0 Å². The molecule has 19 heavy (non-hydrogen) atoms. The number of benzene rings is 1. The van der Waals surface area contributed by atoms with Crippen molar-refractivity contribution >= 4 is 17.3 Å². The second-order valence-corrected chi connectivity index (χ2v) is 5.47. The summed E-state index contributed by atoms with van der Waals surface area (Å²) in [5.41, 5.74) is 7.88. The van der Waals surface area contributed by atoms with Crippen LogP contribution in [0, 0.1) is 11.8 Å². The van der Waals surface area contributed by atoms with Crippen LogP contribution in [0.1, 0.15) is 19.3 Å². The number of rotatable bonds is 2. The minimum atomic E-state index is 0.121. The van der Waals surface area contributed by atoms with Gasteiger partial charge in [0, 0.05) is 19.0 Å². The first-order chi connectivity index (χ1) is 9.31. The number of nitrogens with one attached hydrogen (secondary N) is 1. The lowest BCUT2D eigenvalue weighted by atomic mass is 9.94. The fourth-order valence-electron chi connectivity index (χ4n) is 3.35. The Balaban J connectivity index is 1.85. The number of anilines is 2. The van der Waals surface area contributed by atoms with Gasteiger partial charge in [0.2, 0.25) is 5.91 Å². The molecule has 1 heterocycles. The molecule has 4 heteroatoms. The van der Waals surface area contributed by atoms with Crippen LogP contribution in [0.3, 0.4) is 0 Å². The predicted molar refractivity (Wildman–Crippen MR) is 77.2 cm³/mol. The van der Waals surface area contributed by atoms with Crippen molar-refractivity contribution < 1.29 is 4.79 Å². The minimum absolute atomic E-state index is 0.121. The molecule has 0 radical (unpaired) electrons. The van der Waals surface area contributed by atoms with Crippen LogP contribution in [0.4, 0.5) is 11.4 Å². The Kier molecular flexibility index (Phi) is 3.42. The maximum atomic E-state index is 12.8. The van der Waals surface area contributed by atoms with Gasteiger partial charge in [0.05, 0.1) is 11.4 Å². The molecule has 0 unspecified atom stereocenters. The lowest BCUT2D eigenvalue weighted by molar-refractivity contribution is -0.123. The number of carbonyl (C=O) groups is 1. The van der Waals surface area contributed by atoms with Gasteiger partial charge in [-0.2, -0.15) is 0 Å². The Bertz CT molecular complexity index is 474. The number of hydrogen-bond acceptors (Lipinski definition) is 3. The minimum Gasteiger partial charge on any atom is -0.382 e. The van der Waals surface area contributed by atoms with E-state index >= 15 is 0 Å². The van der Waals surface area contributed by atoms with Gasteiger partial charge in [0.25, 0.3) is 0 Å². The molecular weight excluding hydrogens is 238 g/mol. The molecule has 1 aromatic rings. The fraction of sp³-hybridized carbons (Fsp3) is 0.533. The summed E-state index contributed by atoms with van der Waals surface area (Å²) in [6.45, 7) is 2.20. The molecule has 102 valence electrons. The Morgan fingerprint density at radius 2 is 2.21 bits per heavy atom. The van der Waals surface area contributed by atoms with Crippen molar-refractivity contribution in [3.63, 3.8) is 0 Å². The van der Waals surface area contributed by atoms with Crippen LogP contribution in [-0.2, 0) is 4.79 Å². The SMILES string of the molecule is NC[C@H]1CCC[C@H]1C(=O)N1CCNc2ccccc21. The average molecular weight is 259 g/mol. The van der Waals surface area contributed by atoms with E-state index in [-0.39, 0.29) is 11.8 Å². The molecule has 0 aromatic heterocycles. The van der Waals surface area contributed by atoms with E-state index in [9.17, 15) is 4.79 Å². The molecule has 0 saturated heterocycles. The summed E-state index contributed by atoms with van der Waals surface area (Å²) in [6, 6.07) is 8.04. The highest BCUT2D eigenvalue weighted by Gasteiger charge is 2.36. The molecule has 1 saturated carbocycles. The molecule has 2 atom stereocenters. The number of nitrogens with two attached hydrogens (primary N) is 1. The molecule has 2 aliphatic rings. The van der Waals surface area contributed by atoms with E-state index in [2.05, 4.69) is 5.32 Å². The molecule has 1 fully saturated rings. The topological polar surface area (TPSA) is 58.4 Å². The van der Waals surface area contributed by atoms with Crippen LogP contribution < -0.4 is 16.0 Å². The summed E-state index contributed by atoms with van der Waals surface area (Å²) in [7, 11) is 0. The lowest BCUT2D eigenvalue weighted by Gasteiger charge is -2.33. The number of nitrogens with zero attached hydrogens (tertiary/aromatic N) is 1. The number of fused-ring (bicyclic) bond motifs is 1. The molecule has 3 N–H and O–H groups in total. The molecule has 1 amide bonds. The summed E-state index contributed by atoms with van der Waals surface area (Å²) in [4.78, 5) is 14.7. The van der Waals surface area contributed by atoms with Gasteiger partial charge >= 0.3 is 0 Å². The second kappa shape index (κ2) is 5.21. The third kappa shape index (κ3) is 2.21. The summed E-state index contributed by atoms with van der Waals surface area (Å²) in [5, 5.41) is 3.34. The molecule has 1 aliphatic heterocycles. The standard InChI is InChI=1S/C15H21N3O/c16-10-11-4-3-5-12(11)15(19)18-9-8-17-13-6-1-2-7-14(13)18/h1-2,6-7,11-12,17H,3-5,8-10,16H2/t11-,12-/m1/s1. The van der Waals surface area contributed by atoms with Crippen LogP contribution >= 0.6 is 0 Å². The quantitative estimate of drug-likeness (QED) is 0.851. The molecule has 1 aromatic carbocycles. The van der Waals surface area contributed by atoms with E-state index in [0.717, 1.165) is 43.7 Å². The van der Waals surface area contributed by atoms with Gasteiger partial charge in [-0.25, -0.2) is 0 Å². The largest absolute Gasteiger partial charge is 0.382 e. The van der Waals surface area contributed by atoms with E-state index < -0.39 is 0 Å².